The normalized spacial score (nSPS) is 10.3. The lowest BCUT2D eigenvalue weighted by Crippen LogP contribution is -2.02. The van der Waals surface area contributed by atoms with Crippen LogP contribution in [-0.2, 0) is 13.0 Å². The van der Waals surface area contributed by atoms with Crippen molar-refractivity contribution in [1.29, 1.82) is 0 Å². The van der Waals surface area contributed by atoms with Gasteiger partial charge in [0.25, 0.3) is 0 Å². The Morgan fingerprint density at radius 3 is 2.89 bits per heavy atom. The zero-order chi connectivity index (χ0) is 12.8. The van der Waals surface area contributed by atoms with Crippen LogP contribution in [0.15, 0.2) is 29.6 Å². The second kappa shape index (κ2) is 6.37. The smallest absolute Gasteiger partial charge is 0.123 e. The van der Waals surface area contributed by atoms with Gasteiger partial charge in [0.1, 0.15) is 11.5 Å². The molecule has 0 saturated carbocycles. The van der Waals surface area contributed by atoms with E-state index in [1.807, 2.05) is 29.6 Å². The molecule has 0 aliphatic rings. The van der Waals surface area contributed by atoms with E-state index >= 15 is 0 Å². The van der Waals surface area contributed by atoms with Gasteiger partial charge in [-0.3, -0.25) is 0 Å². The third-order valence-electron chi connectivity index (χ3n) is 2.43. The van der Waals surface area contributed by atoms with Crippen molar-refractivity contribution in [3.63, 3.8) is 0 Å². The van der Waals surface area contributed by atoms with E-state index in [-0.39, 0.29) is 0 Å². The first-order valence-corrected chi connectivity index (χ1v) is 6.60. The highest BCUT2D eigenvalue weighted by molar-refractivity contribution is 7.09. The number of ether oxygens (including phenoxy) is 2. The van der Waals surface area contributed by atoms with Crippen LogP contribution in [0.3, 0.4) is 0 Å². The second-order valence-electron chi connectivity index (χ2n) is 3.71. The fraction of sp³-hybridized carbons (Fsp3) is 0.308. The van der Waals surface area contributed by atoms with E-state index in [9.17, 15) is 0 Å². The molecule has 0 saturated heterocycles. The van der Waals surface area contributed by atoms with Crippen molar-refractivity contribution in [1.82, 2.24) is 4.98 Å². The topological polar surface area (TPSA) is 57.4 Å². The minimum atomic E-state index is 0.493. The van der Waals surface area contributed by atoms with E-state index in [2.05, 4.69) is 4.98 Å². The monoisotopic (exact) mass is 264 g/mol. The SMILES string of the molecule is COc1cccc(OCCc2nc(CN)cs2)c1. The third kappa shape index (κ3) is 3.45. The first-order chi connectivity index (χ1) is 8.81. The number of hydrogen-bond acceptors (Lipinski definition) is 5. The summed E-state index contributed by atoms with van der Waals surface area (Å²) in [5, 5.41) is 3.04. The fourth-order valence-corrected chi connectivity index (χ4v) is 2.30. The van der Waals surface area contributed by atoms with Crippen molar-refractivity contribution in [2.75, 3.05) is 13.7 Å². The van der Waals surface area contributed by atoms with Gasteiger partial charge in [0.05, 0.1) is 24.4 Å². The molecule has 4 nitrogen and oxygen atoms in total. The molecular weight excluding hydrogens is 248 g/mol. The van der Waals surface area contributed by atoms with Gasteiger partial charge in [-0.15, -0.1) is 11.3 Å². The molecule has 0 atom stereocenters. The molecule has 2 rings (SSSR count). The number of rotatable bonds is 6. The molecule has 18 heavy (non-hydrogen) atoms. The van der Waals surface area contributed by atoms with Gasteiger partial charge in [0, 0.05) is 24.4 Å². The van der Waals surface area contributed by atoms with Crippen LogP contribution in [0.2, 0.25) is 0 Å². The average Bonchev–Trinajstić information content (AvgIpc) is 2.87. The molecule has 0 spiro atoms. The molecule has 1 aromatic carbocycles. The highest BCUT2D eigenvalue weighted by Gasteiger charge is 2.02. The third-order valence-corrected chi connectivity index (χ3v) is 3.39. The van der Waals surface area contributed by atoms with Gasteiger partial charge in [0.2, 0.25) is 0 Å². The number of methoxy groups -OCH3 is 1. The zero-order valence-corrected chi connectivity index (χ0v) is 11.1. The van der Waals surface area contributed by atoms with E-state index in [1.54, 1.807) is 18.4 Å². The van der Waals surface area contributed by atoms with Crippen LogP contribution in [0.1, 0.15) is 10.7 Å². The summed E-state index contributed by atoms with van der Waals surface area (Å²) in [7, 11) is 1.64. The Morgan fingerprint density at radius 2 is 2.17 bits per heavy atom. The molecule has 5 heteroatoms. The second-order valence-corrected chi connectivity index (χ2v) is 4.66. The molecule has 0 radical (unpaired) electrons. The lowest BCUT2D eigenvalue weighted by Gasteiger charge is -2.06. The molecule has 0 fully saturated rings. The minimum Gasteiger partial charge on any atom is -0.497 e. The molecular formula is C13H16N2O2S. The summed E-state index contributed by atoms with van der Waals surface area (Å²) in [4.78, 5) is 4.38. The maximum atomic E-state index is 5.65. The maximum absolute atomic E-state index is 5.65. The quantitative estimate of drug-likeness (QED) is 0.869. The van der Waals surface area contributed by atoms with Gasteiger partial charge >= 0.3 is 0 Å². The number of hydrogen-bond donors (Lipinski definition) is 1. The number of thiazole rings is 1. The summed E-state index contributed by atoms with van der Waals surface area (Å²) in [6.45, 7) is 1.10. The molecule has 1 aromatic heterocycles. The van der Waals surface area contributed by atoms with Gasteiger partial charge in [-0.25, -0.2) is 4.98 Å². The fourth-order valence-electron chi connectivity index (χ4n) is 1.50. The molecule has 0 aliphatic heterocycles. The van der Waals surface area contributed by atoms with Crippen LogP contribution in [0, 0.1) is 0 Å². The van der Waals surface area contributed by atoms with Crippen molar-refractivity contribution in [3.05, 3.63) is 40.3 Å². The van der Waals surface area contributed by atoms with E-state index in [4.69, 9.17) is 15.2 Å². The summed E-state index contributed by atoms with van der Waals surface area (Å²) >= 11 is 1.62. The Bertz CT molecular complexity index is 499. The van der Waals surface area contributed by atoms with Gasteiger partial charge in [0.15, 0.2) is 0 Å². The van der Waals surface area contributed by atoms with Gasteiger partial charge in [-0.2, -0.15) is 0 Å². The summed E-state index contributed by atoms with van der Waals surface area (Å²) in [6.07, 6.45) is 0.794. The van der Waals surface area contributed by atoms with Gasteiger partial charge in [-0.1, -0.05) is 6.07 Å². The van der Waals surface area contributed by atoms with Crippen LogP contribution in [0.25, 0.3) is 0 Å². The Morgan fingerprint density at radius 1 is 1.33 bits per heavy atom. The van der Waals surface area contributed by atoms with E-state index < -0.39 is 0 Å². The Labute approximate surface area is 110 Å². The number of nitrogens with zero attached hydrogens (tertiary/aromatic N) is 1. The van der Waals surface area contributed by atoms with E-state index in [1.165, 1.54) is 0 Å². The molecule has 0 aliphatic carbocycles. The standard InChI is InChI=1S/C13H16N2O2S/c1-16-11-3-2-4-12(7-11)17-6-5-13-15-10(8-14)9-18-13/h2-4,7,9H,5-6,8,14H2,1H3. The first kappa shape index (κ1) is 12.9. The van der Waals surface area contributed by atoms with Crippen molar-refractivity contribution in [2.45, 2.75) is 13.0 Å². The highest BCUT2D eigenvalue weighted by Crippen LogP contribution is 2.19. The van der Waals surface area contributed by atoms with Crippen LogP contribution >= 0.6 is 11.3 Å². The van der Waals surface area contributed by atoms with E-state index in [0.29, 0.717) is 13.2 Å². The predicted molar refractivity (Wildman–Crippen MR) is 72.2 cm³/mol. The predicted octanol–water partition coefficient (Wildman–Crippen LogP) is 2.23. The van der Waals surface area contributed by atoms with Crippen molar-refractivity contribution in [2.24, 2.45) is 5.73 Å². The first-order valence-electron chi connectivity index (χ1n) is 5.72. The molecule has 1 heterocycles. The Balaban J connectivity index is 1.84. The molecule has 0 amide bonds. The van der Waals surface area contributed by atoms with E-state index in [0.717, 1.165) is 28.6 Å². The summed E-state index contributed by atoms with van der Waals surface area (Å²) in [6, 6.07) is 7.58. The van der Waals surface area contributed by atoms with Crippen LogP contribution in [0.5, 0.6) is 11.5 Å². The Kier molecular flexibility index (Phi) is 4.55. The molecule has 2 aromatic rings. The lowest BCUT2D eigenvalue weighted by atomic mass is 10.3. The number of benzene rings is 1. The number of nitrogens with two attached hydrogens (primary N) is 1. The molecule has 0 unspecified atom stereocenters. The molecule has 96 valence electrons. The lowest BCUT2D eigenvalue weighted by molar-refractivity contribution is 0.318. The highest BCUT2D eigenvalue weighted by atomic mass is 32.1. The van der Waals surface area contributed by atoms with Crippen LogP contribution < -0.4 is 15.2 Å². The van der Waals surface area contributed by atoms with Crippen molar-refractivity contribution >= 4 is 11.3 Å². The summed E-state index contributed by atoms with van der Waals surface area (Å²) in [5.74, 6) is 1.61. The summed E-state index contributed by atoms with van der Waals surface area (Å²) < 4.78 is 10.8. The van der Waals surface area contributed by atoms with Crippen molar-refractivity contribution < 1.29 is 9.47 Å². The van der Waals surface area contributed by atoms with Crippen molar-refractivity contribution in [3.8, 4) is 11.5 Å². The van der Waals surface area contributed by atoms with Crippen LogP contribution in [0.4, 0.5) is 0 Å². The largest absolute Gasteiger partial charge is 0.497 e. The zero-order valence-electron chi connectivity index (χ0n) is 10.3. The Hall–Kier alpha value is -1.59. The minimum absolute atomic E-state index is 0.493. The molecule has 0 bridgehead atoms. The van der Waals surface area contributed by atoms with Gasteiger partial charge in [-0.05, 0) is 12.1 Å². The molecule has 2 N–H and O–H groups in total. The summed E-state index contributed by atoms with van der Waals surface area (Å²) in [5.41, 5.74) is 6.45. The van der Waals surface area contributed by atoms with Gasteiger partial charge < -0.3 is 15.2 Å². The van der Waals surface area contributed by atoms with Crippen LogP contribution in [-0.4, -0.2) is 18.7 Å². The number of aromatic nitrogens is 1. The average molecular weight is 264 g/mol. The maximum Gasteiger partial charge on any atom is 0.123 e.